The van der Waals surface area contributed by atoms with Gasteiger partial charge in [0.2, 0.25) is 5.91 Å². The minimum absolute atomic E-state index is 0.0171. The molecule has 2 atom stereocenters. The molecule has 0 spiro atoms. The Kier molecular flexibility index (Phi) is 45.7. The monoisotopic (exact) mass is 804 g/mol. The molecule has 0 bridgehead atoms. The van der Waals surface area contributed by atoms with Crippen molar-refractivity contribution in [2.45, 2.75) is 276 Å². The van der Waals surface area contributed by atoms with Gasteiger partial charge < -0.3 is 20.3 Å². The van der Waals surface area contributed by atoms with Crippen LogP contribution in [0.1, 0.15) is 264 Å². The normalized spacial score (nSPS) is 12.8. The predicted octanol–water partition coefficient (Wildman–Crippen LogP) is 14.7. The second-order valence-electron chi connectivity index (χ2n) is 17.1. The highest BCUT2D eigenvalue weighted by Crippen LogP contribution is 2.16. The molecule has 0 rings (SSSR count). The van der Waals surface area contributed by atoms with Gasteiger partial charge in [-0.3, -0.25) is 9.59 Å². The molecule has 0 aromatic heterocycles. The summed E-state index contributed by atoms with van der Waals surface area (Å²) in [5.74, 6) is -0.0641. The maximum Gasteiger partial charge on any atom is 0.305 e. The summed E-state index contributed by atoms with van der Waals surface area (Å²) < 4.78 is 5.45. The third-order valence-corrected chi connectivity index (χ3v) is 11.5. The zero-order valence-electron chi connectivity index (χ0n) is 38.1. The van der Waals surface area contributed by atoms with E-state index in [0.717, 1.165) is 57.8 Å². The van der Waals surface area contributed by atoms with Crippen LogP contribution in [0.4, 0.5) is 0 Å². The number of ether oxygens (including phenoxy) is 1. The molecule has 0 aliphatic heterocycles. The van der Waals surface area contributed by atoms with E-state index in [4.69, 9.17) is 4.74 Å². The summed E-state index contributed by atoms with van der Waals surface area (Å²) in [5.41, 5.74) is 0. The van der Waals surface area contributed by atoms with Gasteiger partial charge in [0.15, 0.2) is 0 Å². The number of unbranched alkanes of at least 4 members (excludes halogenated alkanes) is 31. The molecule has 0 fully saturated rings. The summed E-state index contributed by atoms with van der Waals surface area (Å²) in [5, 5.41) is 23.1. The number of rotatable bonds is 46. The van der Waals surface area contributed by atoms with Gasteiger partial charge in [0.25, 0.3) is 0 Å². The second kappa shape index (κ2) is 47.0. The highest BCUT2D eigenvalue weighted by Gasteiger charge is 2.20. The number of nitrogens with one attached hydrogen (secondary N) is 1. The van der Waals surface area contributed by atoms with Crippen LogP contribution in [0.25, 0.3) is 0 Å². The fourth-order valence-electron chi connectivity index (χ4n) is 7.60. The van der Waals surface area contributed by atoms with Crippen LogP contribution < -0.4 is 5.32 Å². The van der Waals surface area contributed by atoms with Gasteiger partial charge >= 0.3 is 5.97 Å². The van der Waals surface area contributed by atoms with Gasteiger partial charge in [-0.1, -0.05) is 224 Å². The van der Waals surface area contributed by atoms with Crippen molar-refractivity contribution >= 4 is 11.9 Å². The topological polar surface area (TPSA) is 95.9 Å². The molecule has 2 unspecified atom stereocenters. The lowest BCUT2D eigenvalue weighted by Gasteiger charge is -2.22. The first-order valence-electron chi connectivity index (χ1n) is 25.1. The number of allylic oxidation sites excluding steroid dienone is 4. The van der Waals surface area contributed by atoms with Crippen LogP contribution >= 0.6 is 0 Å². The first-order chi connectivity index (χ1) is 28.0. The summed E-state index contributed by atoms with van der Waals surface area (Å²) in [6, 6.07) is -0.548. The third-order valence-electron chi connectivity index (χ3n) is 11.5. The maximum atomic E-state index is 12.4. The molecule has 0 aliphatic carbocycles. The number of aliphatic hydroxyl groups is 2. The number of amides is 1. The highest BCUT2D eigenvalue weighted by atomic mass is 16.5. The minimum atomic E-state index is -0.670. The third kappa shape index (κ3) is 43.7. The second-order valence-corrected chi connectivity index (χ2v) is 17.1. The van der Waals surface area contributed by atoms with Crippen molar-refractivity contribution in [2.75, 3.05) is 13.2 Å². The summed E-state index contributed by atoms with van der Waals surface area (Å²) in [4.78, 5) is 24.4. The number of aliphatic hydroxyl groups excluding tert-OH is 2. The van der Waals surface area contributed by atoms with Gasteiger partial charge in [0.1, 0.15) is 0 Å². The van der Waals surface area contributed by atoms with E-state index in [0.29, 0.717) is 25.9 Å². The average molecular weight is 804 g/mol. The predicted molar refractivity (Wildman–Crippen MR) is 246 cm³/mol. The summed E-state index contributed by atoms with van der Waals surface area (Å²) in [6.07, 6.45) is 54.2. The summed E-state index contributed by atoms with van der Waals surface area (Å²) in [6.45, 7) is 4.87. The van der Waals surface area contributed by atoms with Crippen LogP contribution in [0, 0.1) is 0 Å². The van der Waals surface area contributed by atoms with Gasteiger partial charge in [-0.25, -0.2) is 0 Å². The van der Waals surface area contributed by atoms with Crippen LogP contribution in [0.3, 0.4) is 0 Å². The standard InChI is InChI=1S/C51H97NO5/c1-3-5-7-9-11-13-15-17-21-25-29-33-37-41-45-51(56)57-46-42-38-34-30-26-22-19-18-20-24-28-32-36-40-44-50(55)52-48(47-53)49(54)43-39-35-31-27-23-16-14-12-10-8-6-4-2/h9,11,15,17,48-49,53-54H,3-8,10,12-14,16,18-47H2,1-2H3,(H,52,55)/b11-9-,17-15-. The summed E-state index contributed by atoms with van der Waals surface area (Å²) in [7, 11) is 0. The average Bonchev–Trinajstić information content (AvgIpc) is 3.21. The van der Waals surface area contributed by atoms with E-state index in [1.165, 1.54) is 173 Å². The van der Waals surface area contributed by atoms with Crippen molar-refractivity contribution in [3.63, 3.8) is 0 Å². The lowest BCUT2D eigenvalue weighted by atomic mass is 10.0. The lowest BCUT2D eigenvalue weighted by molar-refractivity contribution is -0.143. The molecule has 0 aromatic rings. The van der Waals surface area contributed by atoms with E-state index in [1.54, 1.807) is 0 Å². The van der Waals surface area contributed by atoms with Crippen molar-refractivity contribution in [2.24, 2.45) is 0 Å². The molecule has 6 nitrogen and oxygen atoms in total. The molecule has 3 N–H and O–H groups in total. The van der Waals surface area contributed by atoms with Gasteiger partial charge in [0, 0.05) is 12.8 Å². The molecular weight excluding hydrogens is 707 g/mol. The fraction of sp³-hybridized carbons (Fsp3) is 0.882. The van der Waals surface area contributed by atoms with E-state index in [2.05, 4.69) is 43.5 Å². The Labute approximate surface area is 354 Å². The zero-order valence-corrected chi connectivity index (χ0v) is 38.1. The fourth-order valence-corrected chi connectivity index (χ4v) is 7.60. The molecule has 336 valence electrons. The molecule has 0 aromatic carbocycles. The van der Waals surface area contributed by atoms with E-state index < -0.39 is 12.1 Å². The first-order valence-corrected chi connectivity index (χ1v) is 25.1. The Morgan fingerprint density at radius 3 is 1.39 bits per heavy atom. The van der Waals surface area contributed by atoms with E-state index in [-0.39, 0.29) is 18.5 Å². The van der Waals surface area contributed by atoms with Crippen LogP contribution in [-0.4, -0.2) is 47.4 Å². The van der Waals surface area contributed by atoms with Gasteiger partial charge in [0.05, 0.1) is 25.4 Å². The Morgan fingerprint density at radius 1 is 0.491 bits per heavy atom. The van der Waals surface area contributed by atoms with Crippen LogP contribution in [0.2, 0.25) is 0 Å². The van der Waals surface area contributed by atoms with Crippen molar-refractivity contribution in [3.05, 3.63) is 24.3 Å². The molecule has 0 saturated carbocycles. The Hall–Kier alpha value is -1.66. The number of hydrogen-bond donors (Lipinski definition) is 3. The van der Waals surface area contributed by atoms with Gasteiger partial charge in [-0.15, -0.1) is 0 Å². The SMILES string of the molecule is CCCC/C=C\C/C=C\CCCCCCCC(=O)OCCCCCCCCCCCCCCCCC(=O)NC(CO)C(O)CCCCCCCCCCCCCC. The molecular formula is C51H97NO5. The number of carbonyl (C=O) groups excluding carboxylic acids is 2. The zero-order chi connectivity index (χ0) is 41.5. The molecule has 0 heterocycles. The van der Waals surface area contributed by atoms with E-state index in [9.17, 15) is 19.8 Å². The molecule has 0 aliphatic rings. The Bertz CT molecular complexity index is 889. The minimum Gasteiger partial charge on any atom is -0.466 e. The van der Waals surface area contributed by atoms with Crippen molar-refractivity contribution in [1.82, 2.24) is 5.32 Å². The molecule has 0 saturated heterocycles. The Morgan fingerprint density at radius 2 is 0.895 bits per heavy atom. The number of esters is 1. The molecule has 6 heteroatoms. The smallest absolute Gasteiger partial charge is 0.305 e. The van der Waals surface area contributed by atoms with Crippen molar-refractivity contribution < 1.29 is 24.5 Å². The van der Waals surface area contributed by atoms with Crippen molar-refractivity contribution in [1.29, 1.82) is 0 Å². The van der Waals surface area contributed by atoms with E-state index in [1.807, 2.05) is 0 Å². The molecule has 1 amide bonds. The Balaban J connectivity index is 3.45. The van der Waals surface area contributed by atoms with Crippen molar-refractivity contribution in [3.8, 4) is 0 Å². The van der Waals surface area contributed by atoms with Crippen LogP contribution in [0.15, 0.2) is 24.3 Å². The molecule has 57 heavy (non-hydrogen) atoms. The van der Waals surface area contributed by atoms with Gasteiger partial charge in [-0.05, 0) is 51.4 Å². The number of carbonyl (C=O) groups is 2. The van der Waals surface area contributed by atoms with Crippen LogP contribution in [0.5, 0.6) is 0 Å². The molecule has 0 radical (unpaired) electrons. The number of hydrogen-bond acceptors (Lipinski definition) is 5. The van der Waals surface area contributed by atoms with Gasteiger partial charge in [-0.2, -0.15) is 0 Å². The quantitative estimate of drug-likeness (QED) is 0.0324. The summed E-state index contributed by atoms with van der Waals surface area (Å²) >= 11 is 0. The lowest BCUT2D eigenvalue weighted by Crippen LogP contribution is -2.45. The maximum absolute atomic E-state index is 12.4. The van der Waals surface area contributed by atoms with E-state index >= 15 is 0 Å². The largest absolute Gasteiger partial charge is 0.466 e. The van der Waals surface area contributed by atoms with Crippen LogP contribution in [-0.2, 0) is 14.3 Å². The highest BCUT2D eigenvalue weighted by molar-refractivity contribution is 5.76. The first kappa shape index (κ1) is 55.3.